The van der Waals surface area contributed by atoms with E-state index in [9.17, 15) is 12.8 Å². The summed E-state index contributed by atoms with van der Waals surface area (Å²) in [7, 11) is -1.96. The van der Waals surface area contributed by atoms with Crippen molar-refractivity contribution < 1.29 is 12.8 Å². The third-order valence-electron chi connectivity index (χ3n) is 4.98. The summed E-state index contributed by atoms with van der Waals surface area (Å²) >= 11 is 0. The lowest BCUT2D eigenvalue weighted by atomic mass is 10.1. The Balaban J connectivity index is 1.45. The Morgan fingerprint density at radius 2 is 1.66 bits per heavy atom. The van der Waals surface area contributed by atoms with E-state index in [1.165, 1.54) is 18.5 Å². The molecule has 0 spiro atoms. The molecule has 0 fully saturated rings. The van der Waals surface area contributed by atoms with E-state index in [2.05, 4.69) is 19.9 Å². The van der Waals surface area contributed by atoms with Gasteiger partial charge in [-0.1, -0.05) is 12.1 Å². The minimum atomic E-state index is -3.82. The fourth-order valence-electron chi connectivity index (χ4n) is 3.40. The number of halogens is 1. The second kappa shape index (κ2) is 7.57. The molecule has 1 N–H and O–H groups in total. The third-order valence-corrected chi connectivity index (χ3v) is 6.38. The van der Waals surface area contributed by atoms with Crippen LogP contribution < -0.4 is 4.72 Å². The van der Waals surface area contributed by atoms with Gasteiger partial charge in [-0.15, -0.1) is 0 Å². The number of aryl methyl sites for hydroxylation is 1. The topological polar surface area (TPSA) is 94.2 Å². The molecule has 5 aromatic rings. The Labute approximate surface area is 183 Å². The van der Waals surface area contributed by atoms with Gasteiger partial charge in [0.05, 0.1) is 22.3 Å². The van der Waals surface area contributed by atoms with Crippen LogP contribution in [0.5, 0.6) is 0 Å². The second-order valence-electron chi connectivity index (χ2n) is 7.21. The Bertz CT molecular complexity index is 1520. The van der Waals surface area contributed by atoms with Gasteiger partial charge in [-0.2, -0.15) is 10.2 Å². The first kappa shape index (κ1) is 19.9. The zero-order valence-electron chi connectivity index (χ0n) is 16.8. The Hall–Kier alpha value is -4.05. The molecule has 0 aliphatic rings. The highest BCUT2D eigenvalue weighted by atomic mass is 32.2. The summed E-state index contributed by atoms with van der Waals surface area (Å²) in [4.78, 5) is 4.41. The molecule has 0 bridgehead atoms. The quantitative estimate of drug-likeness (QED) is 0.442. The number of fused-ring (bicyclic) bond motifs is 1. The maximum atomic E-state index is 13.1. The van der Waals surface area contributed by atoms with E-state index in [-0.39, 0.29) is 4.90 Å². The molecule has 8 nitrogen and oxygen atoms in total. The van der Waals surface area contributed by atoms with Crippen LogP contribution in [0.25, 0.3) is 27.9 Å². The lowest BCUT2D eigenvalue weighted by Crippen LogP contribution is -2.12. The zero-order valence-corrected chi connectivity index (χ0v) is 17.7. The van der Waals surface area contributed by atoms with E-state index >= 15 is 0 Å². The van der Waals surface area contributed by atoms with Gasteiger partial charge in [0.25, 0.3) is 10.0 Å². The molecule has 0 saturated carbocycles. The molecule has 0 aliphatic heterocycles. The summed E-state index contributed by atoms with van der Waals surface area (Å²) in [6, 6.07) is 13.5. The van der Waals surface area contributed by atoms with E-state index < -0.39 is 15.8 Å². The Kier molecular flexibility index (Phi) is 4.71. The zero-order chi connectivity index (χ0) is 22.3. The second-order valence-corrected chi connectivity index (χ2v) is 8.89. The van der Waals surface area contributed by atoms with Crippen molar-refractivity contribution in [3.05, 3.63) is 85.3 Å². The number of anilines is 1. The highest BCUT2D eigenvalue weighted by Crippen LogP contribution is 2.28. The summed E-state index contributed by atoms with van der Waals surface area (Å²) < 4.78 is 44.1. The van der Waals surface area contributed by atoms with Gasteiger partial charge in [0.15, 0.2) is 0 Å². The monoisotopic (exact) mass is 448 g/mol. The molecule has 0 saturated heterocycles. The molecule has 0 amide bonds. The van der Waals surface area contributed by atoms with Crippen molar-refractivity contribution in [2.75, 3.05) is 4.72 Å². The SMILES string of the molecule is Cn1cc(-c2cc3c(-c4ccc(NS(=O)(=O)c5ccc(F)cc5)cc4)ncnn3c2)cn1. The molecule has 0 atom stereocenters. The normalized spacial score (nSPS) is 11.7. The number of hydrogen-bond acceptors (Lipinski definition) is 5. The van der Waals surface area contributed by atoms with Gasteiger partial charge in [-0.3, -0.25) is 9.40 Å². The fraction of sp³-hybridized carbons (Fsp3) is 0.0455. The molecule has 5 rings (SSSR count). The summed E-state index contributed by atoms with van der Waals surface area (Å²) in [5, 5.41) is 8.49. The van der Waals surface area contributed by atoms with Crippen molar-refractivity contribution in [2.45, 2.75) is 4.90 Å². The average molecular weight is 448 g/mol. The van der Waals surface area contributed by atoms with Crippen molar-refractivity contribution in [2.24, 2.45) is 7.05 Å². The minimum absolute atomic E-state index is 0.0170. The number of sulfonamides is 1. The Morgan fingerprint density at radius 1 is 0.906 bits per heavy atom. The van der Waals surface area contributed by atoms with Gasteiger partial charge in [-0.05, 0) is 42.5 Å². The van der Waals surface area contributed by atoms with Gasteiger partial charge in [0.2, 0.25) is 0 Å². The predicted octanol–water partition coefficient (Wildman–Crippen LogP) is 3.74. The van der Waals surface area contributed by atoms with Crippen molar-refractivity contribution >= 4 is 21.2 Å². The molecule has 10 heteroatoms. The molecule has 0 radical (unpaired) electrons. The number of rotatable bonds is 5. The van der Waals surface area contributed by atoms with Crippen LogP contribution in [0.3, 0.4) is 0 Å². The van der Waals surface area contributed by atoms with Gasteiger partial charge in [-0.25, -0.2) is 22.3 Å². The number of nitrogens with one attached hydrogen (secondary N) is 1. The van der Waals surface area contributed by atoms with E-state index in [1.54, 1.807) is 39.7 Å². The van der Waals surface area contributed by atoms with Gasteiger partial charge >= 0.3 is 0 Å². The fourth-order valence-corrected chi connectivity index (χ4v) is 4.46. The summed E-state index contributed by atoms with van der Waals surface area (Å²) in [5.41, 5.74) is 4.64. The van der Waals surface area contributed by atoms with E-state index in [0.29, 0.717) is 11.4 Å². The smallest absolute Gasteiger partial charge is 0.261 e. The van der Waals surface area contributed by atoms with Gasteiger partial charge < -0.3 is 0 Å². The molecule has 3 aromatic heterocycles. The molecule has 0 aliphatic carbocycles. The van der Waals surface area contributed by atoms with Crippen molar-refractivity contribution in [3.63, 3.8) is 0 Å². The predicted molar refractivity (Wildman–Crippen MR) is 118 cm³/mol. The van der Waals surface area contributed by atoms with Crippen molar-refractivity contribution in [1.29, 1.82) is 0 Å². The summed E-state index contributed by atoms with van der Waals surface area (Å²) in [6.07, 6.45) is 7.08. The van der Waals surface area contributed by atoms with Crippen LogP contribution in [0.4, 0.5) is 10.1 Å². The maximum Gasteiger partial charge on any atom is 0.261 e. The van der Waals surface area contributed by atoms with E-state index in [4.69, 9.17) is 0 Å². The van der Waals surface area contributed by atoms with Crippen LogP contribution in [0.1, 0.15) is 0 Å². The minimum Gasteiger partial charge on any atom is -0.280 e. The molecule has 160 valence electrons. The number of benzene rings is 2. The average Bonchev–Trinajstić information content (AvgIpc) is 3.40. The van der Waals surface area contributed by atoms with Crippen LogP contribution in [0.2, 0.25) is 0 Å². The highest BCUT2D eigenvalue weighted by molar-refractivity contribution is 7.92. The van der Waals surface area contributed by atoms with Crippen LogP contribution in [0, 0.1) is 5.82 Å². The first-order chi connectivity index (χ1) is 15.4. The number of hydrogen-bond donors (Lipinski definition) is 1. The lowest BCUT2D eigenvalue weighted by molar-refractivity contribution is 0.599. The molecule has 2 aromatic carbocycles. The molecular weight excluding hydrogens is 431 g/mol. The van der Waals surface area contributed by atoms with Crippen LogP contribution >= 0.6 is 0 Å². The van der Waals surface area contributed by atoms with E-state index in [0.717, 1.165) is 34.3 Å². The summed E-state index contributed by atoms with van der Waals surface area (Å²) in [6.45, 7) is 0. The van der Waals surface area contributed by atoms with Gasteiger partial charge in [0.1, 0.15) is 12.1 Å². The lowest BCUT2D eigenvalue weighted by Gasteiger charge is -2.09. The van der Waals surface area contributed by atoms with Crippen LogP contribution in [0.15, 0.2) is 84.4 Å². The Morgan fingerprint density at radius 3 is 2.34 bits per heavy atom. The number of nitrogens with zero attached hydrogens (tertiary/aromatic N) is 5. The third kappa shape index (κ3) is 3.71. The molecular formula is C22H17FN6O2S. The molecule has 32 heavy (non-hydrogen) atoms. The first-order valence-corrected chi connectivity index (χ1v) is 11.1. The standard InChI is InChI=1S/C22H17FN6O2S/c1-28-12-17(11-25-28)16-10-21-22(24-14-26-29(21)13-16)15-2-6-19(7-3-15)27-32(30,31)20-8-4-18(23)5-9-20/h2-14,27H,1H3. The van der Waals surface area contributed by atoms with E-state index in [1.807, 2.05) is 25.5 Å². The van der Waals surface area contributed by atoms with Crippen molar-refractivity contribution in [3.8, 4) is 22.4 Å². The molecule has 0 unspecified atom stereocenters. The van der Waals surface area contributed by atoms with Crippen LogP contribution in [-0.2, 0) is 17.1 Å². The van der Waals surface area contributed by atoms with Crippen molar-refractivity contribution in [1.82, 2.24) is 24.4 Å². The maximum absolute atomic E-state index is 13.1. The van der Waals surface area contributed by atoms with Crippen LogP contribution in [-0.4, -0.2) is 32.8 Å². The molecule has 3 heterocycles. The largest absolute Gasteiger partial charge is 0.280 e. The van der Waals surface area contributed by atoms with Gasteiger partial charge in [0, 0.05) is 41.8 Å². The highest BCUT2D eigenvalue weighted by Gasteiger charge is 2.15. The summed E-state index contributed by atoms with van der Waals surface area (Å²) in [5.74, 6) is -0.499. The number of aromatic nitrogens is 5. The first-order valence-electron chi connectivity index (χ1n) is 9.60.